The van der Waals surface area contributed by atoms with Gasteiger partial charge in [0.2, 0.25) is 11.8 Å². The van der Waals surface area contributed by atoms with E-state index in [4.69, 9.17) is 10.8 Å². The summed E-state index contributed by atoms with van der Waals surface area (Å²) in [7, 11) is 0. The molecule has 0 aliphatic carbocycles. The molecule has 0 bridgehead atoms. The molecule has 1 aromatic carbocycles. The molecule has 102 valence electrons. The van der Waals surface area contributed by atoms with Crippen molar-refractivity contribution in [1.82, 2.24) is 5.32 Å². The van der Waals surface area contributed by atoms with Gasteiger partial charge in [-0.2, -0.15) is 0 Å². The summed E-state index contributed by atoms with van der Waals surface area (Å²) in [6.45, 7) is 0. The van der Waals surface area contributed by atoms with Crippen LogP contribution in [0.4, 0.5) is 4.39 Å². The van der Waals surface area contributed by atoms with Gasteiger partial charge in [-0.1, -0.05) is 12.1 Å². The smallest absolute Gasteiger partial charge is 0.305 e. The summed E-state index contributed by atoms with van der Waals surface area (Å²) < 4.78 is 12.9. The maximum Gasteiger partial charge on any atom is 0.305 e. The number of nitrogens with two attached hydrogens (primary N) is 1. The molecule has 0 aromatic heterocycles. The van der Waals surface area contributed by atoms with Gasteiger partial charge in [0.25, 0.3) is 0 Å². The molecule has 19 heavy (non-hydrogen) atoms. The minimum Gasteiger partial charge on any atom is -0.481 e. The highest BCUT2D eigenvalue weighted by Gasteiger charge is 2.21. The fraction of sp³-hybridized carbons (Fsp3) is 0.250. The molecule has 1 atom stereocenters. The zero-order chi connectivity index (χ0) is 14.4. The highest BCUT2D eigenvalue weighted by atomic mass is 19.1. The topological polar surface area (TPSA) is 109 Å². The molecule has 6 nitrogen and oxygen atoms in total. The van der Waals surface area contributed by atoms with E-state index in [1.807, 2.05) is 0 Å². The number of amides is 2. The third-order valence-corrected chi connectivity index (χ3v) is 2.31. The molecule has 0 radical (unpaired) electrons. The van der Waals surface area contributed by atoms with Crippen molar-refractivity contribution < 1.29 is 23.9 Å². The van der Waals surface area contributed by atoms with Crippen LogP contribution in [0.1, 0.15) is 12.0 Å². The van der Waals surface area contributed by atoms with Crippen molar-refractivity contribution in [3.63, 3.8) is 0 Å². The first-order valence-electron chi connectivity index (χ1n) is 5.43. The Balaban J connectivity index is 2.62. The molecular weight excluding hydrogens is 255 g/mol. The van der Waals surface area contributed by atoms with Crippen LogP contribution in [0.3, 0.4) is 0 Å². The van der Waals surface area contributed by atoms with Crippen LogP contribution in [-0.4, -0.2) is 28.9 Å². The van der Waals surface area contributed by atoms with Crippen LogP contribution in [0.25, 0.3) is 0 Å². The maximum atomic E-state index is 12.9. The number of primary amides is 1. The second-order valence-electron chi connectivity index (χ2n) is 3.93. The van der Waals surface area contributed by atoms with E-state index in [0.717, 1.165) is 0 Å². The number of carboxylic acids is 1. The van der Waals surface area contributed by atoms with Gasteiger partial charge in [0.1, 0.15) is 11.9 Å². The van der Waals surface area contributed by atoms with Crippen LogP contribution >= 0.6 is 0 Å². The summed E-state index contributed by atoms with van der Waals surface area (Å²) >= 11 is 0. The minimum absolute atomic E-state index is 0.166. The van der Waals surface area contributed by atoms with Crippen LogP contribution in [-0.2, 0) is 20.8 Å². The van der Waals surface area contributed by atoms with Crippen molar-refractivity contribution >= 4 is 17.8 Å². The fourth-order valence-corrected chi connectivity index (χ4v) is 1.48. The molecule has 0 saturated carbocycles. The molecule has 0 fully saturated rings. The molecule has 0 unspecified atom stereocenters. The van der Waals surface area contributed by atoms with Gasteiger partial charge in [-0.05, 0) is 17.7 Å². The first kappa shape index (κ1) is 14.6. The molecule has 1 aromatic rings. The van der Waals surface area contributed by atoms with Crippen molar-refractivity contribution in [3.05, 3.63) is 35.6 Å². The lowest BCUT2D eigenvalue weighted by Gasteiger charge is -2.13. The summed E-state index contributed by atoms with van der Waals surface area (Å²) in [5.74, 6) is -3.28. The number of carbonyl (C=O) groups is 3. The Bertz CT molecular complexity index is 504. The molecule has 0 aliphatic rings. The molecule has 2 amide bonds. The van der Waals surface area contributed by atoms with Crippen LogP contribution in [0.2, 0.25) is 0 Å². The summed E-state index contributed by atoms with van der Waals surface area (Å²) in [6.07, 6.45) is -0.759. The number of hydrogen-bond donors (Lipinski definition) is 3. The number of aliphatic carboxylic acids is 1. The van der Waals surface area contributed by atoms with E-state index in [9.17, 15) is 18.8 Å². The lowest BCUT2D eigenvalue weighted by Crippen LogP contribution is -2.46. The van der Waals surface area contributed by atoms with Gasteiger partial charge in [0.05, 0.1) is 12.8 Å². The van der Waals surface area contributed by atoms with Gasteiger partial charge < -0.3 is 16.2 Å². The summed E-state index contributed by atoms with van der Waals surface area (Å²) in [4.78, 5) is 33.0. The maximum absolute atomic E-state index is 12.9. The average Bonchev–Trinajstić information content (AvgIpc) is 2.27. The second kappa shape index (κ2) is 6.48. The largest absolute Gasteiger partial charge is 0.481 e. The zero-order valence-corrected chi connectivity index (χ0v) is 9.93. The Hall–Kier alpha value is -2.44. The Morgan fingerprint density at radius 1 is 1.37 bits per heavy atom. The van der Waals surface area contributed by atoms with Gasteiger partial charge in [0, 0.05) is 0 Å². The summed E-state index contributed by atoms with van der Waals surface area (Å²) in [5, 5.41) is 10.8. The van der Waals surface area contributed by atoms with E-state index in [2.05, 4.69) is 5.32 Å². The van der Waals surface area contributed by atoms with Crippen molar-refractivity contribution in [2.75, 3.05) is 0 Å². The van der Waals surface area contributed by atoms with Crippen molar-refractivity contribution in [1.29, 1.82) is 0 Å². The predicted octanol–water partition coefficient (Wildman–Crippen LogP) is -0.187. The molecule has 4 N–H and O–H groups in total. The van der Waals surface area contributed by atoms with Gasteiger partial charge in [0.15, 0.2) is 0 Å². The molecule has 0 saturated heterocycles. The number of nitrogens with one attached hydrogen (secondary N) is 1. The number of hydrogen-bond acceptors (Lipinski definition) is 3. The minimum atomic E-state index is -1.28. The van der Waals surface area contributed by atoms with E-state index in [1.165, 1.54) is 18.2 Å². The molecular formula is C12H13FN2O4. The molecule has 1 rings (SSSR count). The average molecular weight is 268 g/mol. The lowest BCUT2D eigenvalue weighted by molar-refractivity contribution is -0.140. The Kier molecular flexibility index (Phi) is 4.99. The number of halogens is 1. The monoisotopic (exact) mass is 268 g/mol. The first-order chi connectivity index (χ1) is 8.88. The Morgan fingerprint density at radius 3 is 2.58 bits per heavy atom. The van der Waals surface area contributed by atoms with Crippen LogP contribution in [0.15, 0.2) is 24.3 Å². The van der Waals surface area contributed by atoms with E-state index in [1.54, 1.807) is 6.07 Å². The lowest BCUT2D eigenvalue weighted by atomic mass is 10.1. The van der Waals surface area contributed by atoms with E-state index in [-0.39, 0.29) is 6.42 Å². The summed E-state index contributed by atoms with van der Waals surface area (Å²) in [6, 6.07) is 4.12. The molecule has 0 aliphatic heterocycles. The van der Waals surface area contributed by atoms with Crippen LogP contribution in [0.5, 0.6) is 0 Å². The molecule has 0 spiro atoms. The van der Waals surface area contributed by atoms with Crippen LogP contribution < -0.4 is 11.1 Å². The van der Waals surface area contributed by atoms with Gasteiger partial charge >= 0.3 is 5.97 Å². The second-order valence-corrected chi connectivity index (χ2v) is 3.93. The van der Waals surface area contributed by atoms with E-state index in [0.29, 0.717) is 5.56 Å². The predicted molar refractivity (Wildman–Crippen MR) is 63.5 cm³/mol. The molecule has 0 heterocycles. The van der Waals surface area contributed by atoms with Crippen molar-refractivity contribution in [2.24, 2.45) is 5.73 Å². The normalized spacial score (nSPS) is 11.6. The SMILES string of the molecule is NC(=O)[C@H](CC(=O)O)NC(=O)Cc1cccc(F)c1. The van der Waals surface area contributed by atoms with E-state index < -0.39 is 36.1 Å². The Morgan fingerprint density at radius 2 is 2.05 bits per heavy atom. The number of benzene rings is 1. The Labute approximate surface area is 108 Å². The third-order valence-electron chi connectivity index (χ3n) is 2.31. The van der Waals surface area contributed by atoms with Crippen LogP contribution in [0, 0.1) is 5.82 Å². The first-order valence-corrected chi connectivity index (χ1v) is 5.43. The molecule has 7 heteroatoms. The fourth-order valence-electron chi connectivity index (χ4n) is 1.48. The van der Waals surface area contributed by atoms with Gasteiger partial charge in [-0.3, -0.25) is 14.4 Å². The standard InChI is InChI=1S/C12H13FN2O4/c13-8-3-1-2-7(4-8)5-10(16)15-9(12(14)19)6-11(17)18/h1-4,9H,5-6H2,(H2,14,19)(H,15,16)(H,17,18)/t9-/m0/s1. The quantitative estimate of drug-likeness (QED) is 0.664. The highest BCUT2D eigenvalue weighted by Crippen LogP contribution is 2.04. The van der Waals surface area contributed by atoms with Crippen molar-refractivity contribution in [3.8, 4) is 0 Å². The van der Waals surface area contributed by atoms with E-state index >= 15 is 0 Å². The summed E-state index contributed by atoms with van der Waals surface area (Å²) in [5.41, 5.74) is 5.39. The highest BCUT2D eigenvalue weighted by molar-refractivity contribution is 5.90. The zero-order valence-electron chi connectivity index (χ0n) is 9.93. The number of carboxylic acid groups (broad SMARTS) is 1. The number of carbonyl (C=O) groups excluding carboxylic acids is 2. The van der Waals surface area contributed by atoms with Gasteiger partial charge in [-0.15, -0.1) is 0 Å². The van der Waals surface area contributed by atoms with Crippen molar-refractivity contribution in [2.45, 2.75) is 18.9 Å². The third kappa shape index (κ3) is 5.15. The van der Waals surface area contributed by atoms with Gasteiger partial charge in [-0.25, -0.2) is 4.39 Å². The number of rotatable bonds is 6.